The highest BCUT2D eigenvalue weighted by molar-refractivity contribution is 5.38. The third kappa shape index (κ3) is 3.15. The molecule has 100 valence electrons. The van der Waals surface area contributed by atoms with Crippen molar-refractivity contribution in [1.82, 2.24) is 4.98 Å². The molecule has 0 saturated carbocycles. The lowest BCUT2D eigenvalue weighted by molar-refractivity contribution is 0.414. The normalized spacial score (nSPS) is 10.3. The zero-order chi connectivity index (χ0) is 13.8. The molecule has 0 atom stereocenters. The fourth-order valence-corrected chi connectivity index (χ4v) is 1.54. The number of nitrogens with zero attached hydrogens (tertiary/aromatic N) is 1. The number of ether oxygens (including phenoxy) is 1. The van der Waals surface area contributed by atoms with Gasteiger partial charge in [-0.2, -0.15) is 9.37 Å². The van der Waals surface area contributed by atoms with Crippen molar-refractivity contribution in [3.63, 3.8) is 0 Å². The zero-order valence-corrected chi connectivity index (χ0v) is 10.1. The van der Waals surface area contributed by atoms with Gasteiger partial charge in [-0.25, -0.2) is 8.78 Å². The van der Waals surface area contributed by atoms with Gasteiger partial charge in [0.1, 0.15) is 5.75 Å². The lowest BCUT2D eigenvalue weighted by atomic mass is 10.2. The number of benzene rings is 1. The van der Waals surface area contributed by atoms with E-state index in [-0.39, 0.29) is 12.4 Å². The minimum atomic E-state index is -1.34. The molecular formula is C13H11F3N2O. The first-order valence-corrected chi connectivity index (χ1v) is 5.48. The highest BCUT2D eigenvalue weighted by atomic mass is 19.2. The average Bonchev–Trinajstić information content (AvgIpc) is 2.41. The van der Waals surface area contributed by atoms with Crippen LogP contribution in [0.1, 0.15) is 5.56 Å². The summed E-state index contributed by atoms with van der Waals surface area (Å²) in [4.78, 5) is 3.17. The van der Waals surface area contributed by atoms with Crippen LogP contribution in [0, 0.1) is 17.6 Å². The van der Waals surface area contributed by atoms with Crippen molar-refractivity contribution in [2.45, 2.75) is 6.54 Å². The minimum absolute atomic E-state index is 0.214. The Morgan fingerprint density at radius 3 is 2.68 bits per heavy atom. The summed E-state index contributed by atoms with van der Waals surface area (Å²) in [6, 6.07) is 7.51. The van der Waals surface area contributed by atoms with E-state index >= 15 is 0 Å². The Morgan fingerprint density at radius 2 is 1.95 bits per heavy atom. The van der Waals surface area contributed by atoms with Crippen LogP contribution in [0.15, 0.2) is 30.3 Å². The van der Waals surface area contributed by atoms with E-state index in [1.165, 1.54) is 7.11 Å². The van der Waals surface area contributed by atoms with E-state index in [2.05, 4.69) is 10.3 Å². The van der Waals surface area contributed by atoms with Crippen LogP contribution in [-0.4, -0.2) is 12.1 Å². The van der Waals surface area contributed by atoms with E-state index in [9.17, 15) is 13.2 Å². The molecule has 0 aliphatic rings. The summed E-state index contributed by atoms with van der Waals surface area (Å²) < 4.78 is 44.0. The fourth-order valence-electron chi connectivity index (χ4n) is 1.54. The summed E-state index contributed by atoms with van der Waals surface area (Å²) >= 11 is 0. The van der Waals surface area contributed by atoms with Gasteiger partial charge in [-0.15, -0.1) is 0 Å². The summed E-state index contributed by atoms with van der Waals surface area (Å²) in [6.07, 6.45) is 0. The number of nitrogens with one attached hydrogen (secondary N) is 1. The van der Waals surface area contributed by atoms with Crippen LogP contribution in [0.5, 0.6) is 5.75 Å². The first-order chi connectivity index (χ1) is 9.10. The van der Waals surface area contributed by atoms with E-state index in [0.29, 0.717) is 11.8 Å². The Hall–Kier alpha value is -2.24. The van der Waals surface area contributed by atoms with Gasteiger partial charge in [-0.3, -0.25) is 0 Å². The quantitative estimate of drug-likeness (QED) is 0.865. The molecule has 3 nitrogen and oxygen atoms in total. The van der Waals surface area contributed by atoms with Gasteiger partial charge in [0.25, 0.3) is 5.95 Å². The van der Waals surface area contributed by atoms with Crippen molar-refractivity contribution in [2.75, 3.05) is 12.4 Å². The number of rotatable bonds is 4. The molecule has 0 unspecified atom stereocenters. The molecule has 2 rings (SSSR count). The number of aromatic nitrogens is 1. The SMILES string of the molecule is COc1cccc(CNc2nc(F)c(F)cc2F)c1. The van der Waals surface area contributed by atoms with E-state index in [4.69, 9.17) is 4.74 Å². The molecule has 6 heteroatoms. The summed E-state index contributed by atoms with van der Waals surface area (Å²) in [5, 5.41) is 2.60. The van der Waals surface area contributed by atoms with Gasteiger partial charge in [0, 0.05) is 12.6 Å². The summed E-state index contributed by atoms with van der Waals surface area (Å²) in [7, 11) is 1.53. The number of methoxy groups -OCH3 is 1. The minimum Gasteiger partial charge on any atom is -0.497 e. The van der Waals surface area contributed by atoms with Crippen LogP contribution >= 0.6 is 0 Å². The largest absolute Gasteiger partial charge is 0.497 e. The Balaban J connectivity index is 2.12. The van der Waals surface area contributed by atoms with Gasteiger partial charge in [-0.05, 0) is 17.7 Å². The molecule has 0 aliphatic heterocycles. The maximum Gasteiger partial charge on any atom is 0.251 e. The van der Waals surface area contributed by atoms with Crippen LogP contribution < -0.4 is 10.1 Å². The number of hydrogen-bond donors (Lipinski definition) is 1. The first-order valence-electron chi connectivity index (χ1n) is 5.48. The second kappa shape index (κ2) is 5.60. The van der Waals surface area contributed by atoms with Crippen molar-refractivity contribution in [1.29, 1.82) is 0 Å². The fraction of sp³-hybridized carbons (Fsp3) is 0.154. The predicted molar refractivity (Wildman–Crippen MR) is 64.4 cm³/mol. The summed E-state index contributed by atoms with van der Waals surface area (Å²) in [5.41, 5.74) is 0.797. The molecule has 0 bridgehead atoms. The molecule has 0 amide bonds. The monoisotopic (exact) mass is 268 g/mol. The van der Waals surface area contributed by atoms with Crippen molar-refractivity contribution < 1.29 is 17.9 Å². The van der Waals surface area contributed by atoms with Crippen molar-refractivity contribution >= 4 is 5.82 Å². The highest BCUT2D eigenvalue weighted by Gasteiger charge is 2.11. The predicted octanol–water partition coefficient (Wildman–Crippen LogP) is 3.12. The topological polar surface area (TPSA) is 34.1 Å². The van der Waals surface area contributed by atoms with E-state index in [1.54, 1.807) is 24.3 Å². The van der Waals surface area contributed by atoms with Gasteiger partial charge in [0.05, 0.1) is 7.11 Å². The lowest BCUT2D eigenvalue weighted by Crippen LogP contribution is -2.06. The van der Waals surface area contributed by atoms with Crippen LogP contribution in [0.2, 0.25) is 0 Å². The van der Waals surface area contributed by atoms with E-state index in [0.717, 1.165) is 5.56 Å². The summed E-state index contributed by atoms with van der Waals surface area (Å²) in [6.45, 7) is 0.214. The van der Waals surface area contributed by atoms with Crippen molar-refractivity contribution in [3.05, 3.63) is 53.5 Å². The standard InChI is InChI=1S/C13H11F3N2O/c1-19-9-4-2-3-8(5-9)7-17-13-11(15)6-10(14)12(16)18-13/h2-6H,7H2,1H3,(H,17,18). The van der Waals surface area contributed by atoms with Gasteiger partial charge >= 0.3 is 0 Å². The number of halogens is 3. The van der Waals surface area contributed by atoms with Gasteiger partial charge in [-0.1, -0.05) is 12.1 Å². The lowest BCUT2D eigenvalue weighted by Gasteiger charge is -2.08. The van der Waals surface area contributed by atoms with Gasteiger partial charge < -0.3 is 10.1 Å². The Kier molecular flexibility index (Phi) is 3.89. The van der Waals surface area contributed by atoms with E-state index < -0.39 is 17.6 Å². The molecule has 2 aromatic rings. The number of pyridine rings is 1. The van der Waals surface area contributed by atoms with Crippen LogP contribution in [0.3, 0.4) is 0 Å². The second-order valence-electron chi connectivity index (χ2n) is 3.80. The molecule has 0 spiro atoms. The Morgan fingerprint density at radius 1 is 1.16 bits per heavy atom. The number of hydrogen-bond acceptors (Lipinski definition) is 3. The molecule has 1 aromatic carbocycles. The Labute approximate surface area is 108 Å². The average molecular weight is 268 g/mol. The van der Waals surface area contributed by atoms with Gasteiger partial charge in [0.15, 0.2) is 17.5 Å². The second-order valence-corrected chi connectivity index (χ2v) is 3.80. The maximum absolute atomic E-state index is 13.3. The molecule has 1 aromatic heterocycles. The number of anilines is 1. The third-order valence-corrected chi connectivity index (χ3v) is 2.48. The molecule has 1 heterocycles. The third-order valence-electron chi connectivity index (χ3n) is 2.48. The molecule has 0 aliphatic carbocycles. The van der Waals surface area contributed by atoms with Crippen molar-refractivity contribution in [3.8, 4) is 5.75 Å². The van der Waals surface area contributed by atoms with Gasteiger partial charge in [0.2, 0.25) is 0 Å². The summed E-state index contributed by atoms with van der Waals surface area (Å²) in [5.74, 6) is -3.28. The van der Waals surface area contributed by atoms with Crippen LogP contribution in [0.25, 0.3) is 0 Å². The zero-order valence-electron chi connectivity index (χ0n) is 10.1. The molecule has 1 N–H and O–H groups in total. The smallest absolute Gasteiger partial charge is 0.251 e. The van der Waals surface area contributed by atoms with Crippen LogP contribution in [0.4, 0.5) is 19.0 Å². The maximum atomic E-state index is 13.3. The Bertz CT molecular complexity index is 590. The van der Waals surface area contributed by atoms with Crippen molar-refractivity contribution in [2.24, 2.45) is 0 Å². The molecule has 0 saturated heterocycles. The highest BCUT2D eigenvalue weighted by Crippen LogP contribution is 2.17. The van der Waals surface area contributed by atoms with Crippen LogP contribution in [-0.2, 0) is 6.54 Å². The molecule has 0 fully saturated rings. The molecule has 0 radical (unpaired) electrons. The molecular weight excluding hydrogens is 257 g/mol. The molecule has 19 heavy (non-hydrogen) atoms. The first kappa shape index (κ1) is 13.2. The van der Waals surface area contributed by atoms with E-state index in [1.807, 2.05) is 0 Å².